The van der Waals surface area contributed by atoms with Crippen LogP contribution in [-0.4, -0.2) is 23.8 Å². The standard InChI is InChI=1S/C15H16N4O2/c16-14(9-18-10-20)11-1-3-12(4-2-11)15(21)19-13-5-7-17-8-6-13/h1-8,10,14H,9,16H2,(H,18,20)(H,17,19,21). The fraction of sp³-hybridized carbons (Fsp3) is 0.133. The van der Waals surface area contributed by atoms with Gasteiger partial charge in [-0.05, 0) is 29.8 Å². The SMILES string of the molecule is NC(CNC=O)c1ccc(C(=O)Nc2ccncc2)cc1. The predicted molar refractivity (Wildman–Crippen MR) is 79.6 cm³/mol. The van der Waals surface area contributed by atoms with E-state index in [4.69, 9.17) is 5.73 Å². The van der Waals surface area contributed by atoms with Crippen LogP contribution in [0.4, 0.5) is 5.69 Å². The maximum atomic E-state index is 12.0. The molecule has 21 heavy (non-hydrogen) atoms. The molecule has 0 saturated carbocycles. The summed E-state index contributed by atoms with van der Waals surface area (Å²) >= 11 is 0. The van der Waals surface area contributed by atoms with Crippen molar-refractivity contribution in [3.8, 4) is 0 Å². The summed E-state index contributed by atoms with van der Waals surface area (Å²) in [7, 11) is 0. The number of rotatable bonds is 6. The molecule has 0 aliphatic rings. The Balaban J connectivity index is 2.01. The third kappa shape index (κ3) is 4.12. The summed E-state index contributed by atoms with van der Waals surface area (Å²) in [5, 5.41) is 5.30. The van der Waals surface area contributed by atoms with Crippen LogP contribution >= 0.6 is 0 Å². The number of hydrogen-bond donors (Lipinski definition) is 3. The fourth-order valence-corrected chi connectivity index (χ4v) is 1.81. The van der Waals surface area contributed by atoms with Gasteiger partial charge in [0.05, 0.1) is 0 Å². The van der Waals surface area contributed by atoms with E-state index in [2.05, 4.69) is 15.6 Å². The van der Waals surface area contributed by atoms with Crippen LogP contribution < -0.4 is 16.4 Å². The Morgan fingerprint density at radius 3 is 2.48 bits per heavy atom. The zero-order valence-electron chi connectivity index (χ0n) is 11.3. The molecule has 2 rings (SSSR count). The lowest BCUT2D eigenvalue weighted by atomic mass is 10.1. The average Bonchev–Trinajstić information content (AvgIpc) is 2.53. The van der Waals surface area contributed by atoms with Gasteiger partial charge in [-0.25, -0.2) is 0 Å². The van der Waals surface area contributed by atoms with Crippen LogP contribution in [0.3, 0.4) is 0 Å². The summed E-state index contributed by atoms with van der Waals surface area (Å²) in [6.45, 7) is 0.353. The first-order chi connectivity index (χ1) is 10.2. The Morgan fingerprint density at radius 2 is 1.86 bits per heavy atom. The summed E-state index contributed by atoms with van der Waals surface area (Å²) in [5.41, 5.74) is 7.97. The van der Waals surface area contributed by atoms with E-state index >= 15 is 0 Å². The van der Waals surface area contributed by atoms with Gasteiger partial charge in [0.25, 0.3) is 5.91 Å². The first-order valence-electron chi connectivity index (χ1n) is 6.44. The zero-order valence-corrected chi connectivity index (χ0v) is 11.3. The van der Waals surface area contributed by atoms with Crippen molar-refractivity contribution < 1.29 is 9.59 Å². The van der Waals surface area contributed by atoms with Gasteiger partial charge in [0.15, 0.2) is 0 Å². The van der Waals surface area contributed by atoms with Gasteiger partial charge in [-0.1, -0.05) is 12.1 Å². The second-order valence-electron chi connectivity index (χ2n) is 4.44. The van der Waals surface area contributed by atoms with Gasteiger partial charge in [-0.15, -0.1) is 0 Å². The molecule has 6 nitrogen and oxygen atoms in total. The second kappa shape index (κ2) is 7.16. The second-order valence-corrected chi connectivity index (χ2v) is 4.44. The molecule has 0 aliphatic carbocycles. The van der Waals surface area contributed by atoms with Gasteiger partial charge in [0.2, 0.25) is 6.41 Å². The van der Waals surface area contributed by atoms with Crippen LogP contribution in [0.1, 0.15) is 22.0 Å². The lowest BCUT2D eigenvalue weighted by molar-refractivity contribution is -0.109. The van der Waals surface area contributed by atoms with Crippen LogP contribution in [-0.2, 0) is 4.79 Å². The summed E-state index contributed by atoms with van der Waals surface area (Å²) in [5.74, 6) is -0.202. The minimum atomic E-state index is -0.299. The minimum Gasteiger partial charge on any atom is -0.357 e. The van der Waals surface area contributed by atoms with Crippen LogP contribution in [0.25, 0.3) is 0 Å². The molecule has 0 bridgehead atoms. The monoisotopic (exact) mass is 284 g/mol. The Bertz CT molecular complexity index is 599. The third-order valence-corrected chi connectivity index (χ3v) is 2.96. The summed E-state index contributed by atoms with van der Waals surface area (Å²) in [6, 6.07) is 10.1. The molecule has 6 heteroatoms. The molecule has 0 aliphatic heterocycles. The van der Waals surface area contributed by atoms with Gasteiger partial charge in [0.1, 0.15) is 0 Å². The van der Waals surface area contributed by atoms with E-state index in [-0.39, 0.29) is 11.9 Å². The maximum absolute atomic E-state index is 12.0. The Labute approximate surface area is 122 Å². The minimum absolute atomic E-state index is 0.202. The summed E-state index contributed by atoms with van der Waals surface area (Å²) < 4.78 is 0. The van der Waals surface area contributed by atoms with Crippen molar-refractivity contribution in [1.29, 1.82) is 0 Å². The molecule has 1 atom stereocenters. The number of benzene rings is 1. The molecule has 0 spiro atoms. The van der Waals surface area contributed by atoms with E-state index in [0.717, 1.165) is 5.56 Å². The topological polar surface area (TPSA) is 97.1 Å². The summed E-state index contributed by atoms with van der Waals surface area (Å²) in [6.07, 6.45) is 3.83. The van der Waals surface area contributed by atoms with E-state index in [1.165, 1.54) is 0 Å². The Kier molecular flexibility index (Phi) is 5.00. The number of nitrogens with two attached hydrogens (primary N) is 1. The predicted octanol–water partition coefficient (Wildman–Crippen LogP) is 1.08. The van der Waals surface area contributed by atoms with Crippen molar-refractivity contribution in [2.45, 2.75) is 6.04 Å². The van der Waals surface area contributed by atoms with E-state index < -0.39 is 0 Å². The van der Waals surface area contributed by atoms with Crippen molar-refractivity contribution in [2.24, 2.45) is 5.73 Å². The fourth-order valence-electron chi connectivity index (χ4n) is 1.81. The molecule has 1 heterocycles. The highest BCUT2D eigenvalue weighted by Crippen LogP contribution is 2.13. The van der Waals surface area contributed by atoms with Gasteiger partial charge >= 0.3 is 0 Å². The largest absolute Gasteiger partial charge is 0.357 e. The molecule has 4 N–H and O–H groups in total. The van der Waals surface area contributed by atoms with E-state index in [1.54, 1.807) is 48.8 Å². The molecule has 0 saturated heterocycles. The van der Waals surface area contributed by atoms with Gasteiger partial charge in [-0.3, -0.25) is 14.6 Å². The smallest absolute Gasteiger partial charge is 0.255 e. The molecular weight excluding hydrogens is 268 g/mol. The molecule has 1 aromatic carbocycles. The Morgan fingerprint density at radius 1 is 1.19 bits per heavy atom. The van der Waals surface area contributed by atoms with Crippen molar-refractivity contribution in [3.63, 3.8) is 0 Å². The number of anilines is 1. The zero-order chi connectivity index (χ0) is 15.1. The van der Waals surface area contributed by atoms with Crippen molar-refractivity contribution in [1.82, 2.24) is 10.3 Å². The number of nitrogens with one attached hydrogen (secondary N) is 2. The maximum Gasteiger partial charge on any atom is 0.255 e. The third-order valence-electron chi connectivity index (χ3n) is 2.96. The molecule has 2 amide bonds. The number of hydrogen-bond acceptors (Lipinski definition) is 4. The molecule has 2 aromatic rings. The number of carbonyl (C=O) groups excluding carboxylic acids is 2. The number of pyridine rings is 1. The highest BCUT2D eigenvalue weighted by atomic mass is 16.1. The Hall–Kier alpha value is -2.73. The molecule has 108 valence electrons. The highest BCUT2D eigenvalue weighted by molar-refractivity contribution is 6.04. The normalized spacial score (nSPS) is 11.5. The van der Waals surface area contributed by atoms with Crippen molar-refractivity contribution >= 4 is 18.0 Å². The lowest BCUT2D eigenvalue weighted by Gasteiger charge is -2.12. The molecule has 1 aromatic heterocycles. The first-order valence-corrected chi connectivity index (χ1v) is 6.44. The molecular formula is C15H16N4O2. The quantitative estimate of drug-likeness (QED) is 0.691. The van der Waals surface area contributed by atoms with E-state index in [0.29, 0.717) is 24.2 Å². The van der Waals surface area contributed by atoms with Gasteiger partial charge in [0, 0.05) is 36.2 Å². The molecule has 0 fully saturated rings. The van der Waals surface area contributed by atoms with Gasteiger partial charge < -0.3 is 16.4 Å². The number of nitrogens with zero attached hydrogens (tertiary/aromatic N) is 1. The lowest BCUT2D eigenvalue weighted by Crippen LogP contribution is -2.25. The van der Waals surface area contributed by atoms with Crippen LogP contribution in [0.15, 0.2) is 48.8 Å². The van der Waals surface area contributed by atoms with Gasteiger partial charge in [-0.2, -0.15) is 0 Å². The highest BCUT2D eigenvalue weighted by Gasteiger charge is 2.09. The first kappa shape index (κ1) is 14.7. The summed E-state index contributed by atoms with van der Waals surface area (Å²) in [4.78, 5) is 26.2. The number of carbonyl (C=O) groups is 2. The van der Waals surface area contributed by atoms with Crippen LogP contribution in [0.5, 0.6) is 0 Å². The number of aromatic nitrogens is 1. The van der Waals surface area contributed by atoms with Crippen molar-refractivity contribution in [2.75, 3.05) is 11.9 Å². The number of amides is 2. The van der Waals surface area contributed by atoms with E-state index in [1.807, 2.05) is 0 Å². The average molecular weight is 284 g/mol. The van der Waals surface area contributed by atoms with Crippen LogP contribution in [0.2, 0.25) is 0 Å². The molecule has 0 radical (unpaired) electrons. The van der Waals surface area contributed by atoms with E-state index in [9.17, 15) is 9.59 Å². The molecule has 1 unspecified atom stereocenters. The van der Waals surface area contributed by atoms with Crippen LogP contribution in [0, 0.1) is 0 Å². The van der Waals surface area contributed by atoms with Crippen molar-refractivity contribution in [3.05, 3.63) is 59.9 Å².